The van der Waals surface area contributed by atoms with Crippen molar-refractivity contribution < 1.29 is 9.53 Å². The second-order valence-corrected chi connectivity index (χ2v) is 10.7. The Kier molecular flexibility index (Phi) is 6.16. The lowest BCUT2D eigenvalue weighted by Crippen LogP contribution is -2.46. The predicted octanol–water partition coefficient (Wildman–Crippen LogP) is 6.39. The van der Waals surface area contributed by atoms with Gasteiger partial charge < -0.3 is 15.0 Å². The van der Waals surface area contributed by atoms with E-state index in [1.165, 1.54) is 38.5 Å². The highest BCUT2D eigenvalue weighted by molar-refractivity contribution is 5.90. The number of fused-ring (bicyclic) bond motifs is 2. The first-order chi connectivity index (χ1) is 14.3. The third-order valence-electron chi connectivity index (χ3n) is 9.03. The maximum atomic E-state index is 13.2. The third-order valence-corrected chi connectivity index (χ3v) is 9.03. The van der Waals surface area contributed by atoms with Crippen molar-refractivity contribution in [2.24, 2.45) is 16.7 Å². The van der Waals surface area contributed by atoms with Gasteiger partial charge in [0.05, 0.1) is 12.7 Å². The number of carbonyl (C=O) groups is 1. The summed E-state index contributed by atoms with van der Waals surface area (Å²) in [6.07, 6.45) is 10.1. The fraction of sp³-hybridized carbons (Fsp3) is 0.731. The maximum Gasteiger partial charge on any atom is 0.322 e. The number of para-hydroxylation sites is 1. The normalized spacial score (nSPS) is 30.4. The van der Waals surface area contributed by atoms with E-state index in [0.29, 0.717) is 30.7 Å². The number of hydrogen-bond acceptors (Lipinski definition) is 2. The van der Waals surface area contributed by atoms with Crippen LogP contribution in [0.1, 0.15) is 77.7 Å². The molecule has 4 nitrogen and oxygen atoms in total. The van der Waals surface area contributed by atoms with E-state index in [1.54, 1.807) is 0 Å². The van der Waals surface area contributed by atoms with Crippen LogP contribution in [0.4, 0.5) is 10.5 Å². The van der Waals surface area contributed by atoms with Gasteiger partial charge in [0.25, 0.3) is 0 Å². The zero-order chi connectivity index (χ0) is 21.4. The largest absolute Gasteiger partial charge is 0.376 e. The van der Waals surface area contributed by atoms with Gasteiger partial charge in [0.15, 0.2) is 0 Å². The number of benzene rings is 1. The van der Waals surface area contributed by atoms with E-state index >= 15 is 0 Å². The first-order valence-corrected chi connectivity index (χ1v) is 12.1. The Labute approximate surface area is 182 Å². The van der Waals surface area contributed by atoms with Gasteiger partial charge in [-0.25, -0.2) is 4.79 Å². The summed E-state index contributed by atoms with van der Waals surface area (Å²) in [6, 6.07) is 8.38. The predicted molar refractivity (Wildman–Crippen MR) is 123 cm³/mol. The quantitative estimate of drug-likeness (QED) is 0.588. The zero-order valence-corrected chi connectivity index (χ0v) is 19.4. The number of rotatable bonds is 6. The van der Waals surface area contributed by atoms with Gasteiger partial charge in [-0.15, -0.1) is 0 Å². The molecule has 3 atom stereocenters. The lowest BCUT2D eigenvalue weighted by Gasteiger charge is -2.39. The van der Waals surface area contributed by atoms with Crippen molar-refractivity contribution >= 4 is 11.7 Å². The molecule has 4 rings (SSSR count). The molecule has 3 fully saturated rings. The van der Waals surface area contributed by atoms with Crippen molar-refractivity contribution in [3.05, 3.63) is 29.8 Å². The monoisotopic (exact) mass is 412 g/mol. The van der Waals surface area contributed by atoms with Gasteiger partial charge in [-0.3, -0.25) is 0 Å². The van der Waals surface area contributed by atoms with E-state index in [0.717, 1.165) is 30.0 Å². The van der Waals surface area contributed by atoms with Crippen LogP contribution in [0.15, 0.2) is 24.3 Å². The molecule has 2 amide bonds. The molecule has 30 heavy (non-hydrogen) atoms. The first kappa shape index (κ1) is 21.7. The lowest BCUT2D eigenvalue weighted by molar-refractivity contribution is -0.0517. The number of hydrogen-bond donors (Lipinski definition) is 1. The molecule has 1 aromatic rings. The van der Waals surface area contributed by atoms with Crippen LogP contribution in [0.25, 0.3) is 0 Å². The minimum absolute atomic E-state index is 0.0271. The average molecular weight is 413 g/mol. The van der Waals surface area contributed by atoms with E-state index in [9.17, 15) is 4.79 Å². The van der Waals surface area contributed by atoms with Crippen LogP contribution < -0.4 is 5.32 Å². The van der Waals surface area contributed by atoms with Crippen LogP contribution >= 0.6 is 0 Å². The number of nitrogens with one attached hydrogen (secondary N) is 1. The number of ether oxygens (including phenoxy) is 1. The van der Waals surface area contributed by atoms with Crippen LogP contribution in [0.2, 0.25) is 0 Å². The minimum Gasteiger partial charge on any atom is -0.376 e. The van der Waals surface area contributed by atoms with E-state index in [1.807, 2.05) is 31.2 Å². The Bertz CT molecular complexity index is 755. The molecule has 0 aromatic heterocycles. The summed E-state index contributed by atoms with van der Waals surface area (Å²) in [5, 5.41) is 3.17. The van der Waals surface area contributed by atoms with Gasteiger partial charge in [0.1, 0.15) is 0 Å². The number of nitrogens with zero attached hydrogens (tertiary/aromatic N) is 1. The van der Waals surface area contributed by atoms with Crippen molar-refractivity contribution in [1.29, 1.82) is 0 Å². The molecule has 0 spiro atoms. The molecule has 0 unspecified atom stereocenters. The van der Waals surface area contributed by atoms with Crippen molar-refractivity contribution in [2.75, 3.05) is 18.5 Å². The van der Waals surface area contributed by atoms with Crippen LogP contribution in [0.3, 0.4) is 0 Å². The fourth-order valence-corrected chi connectivity index (χ4v) is 6.42. The van der Waals surface area contributed by atoms with Crippen LogP contribution in [-0.2, 0) is 4.74 Å². The van der Waals surface area contributed by atoms with Gasteiger partial charge in [-0.1, -0.05) is 58.2 Å². The van der Waals surface area contributed by atoms with E-state index < -0.39 is 0 Å². The SMILES string of the molecule is Cc1ccccc1NC(=O)N(CCO[C@@H]1C[C@@H]2CC[C@@]1(C)C2(C)C)C1CCCCC1. The van der Waals surface area contributed by atoms with Crippen molar-refractivity contribution in [3.63, 3.8) is 0 Å². The van der Waals surface area contributed by atoms with Crippen molar-refractivity contribution in [3.8, 4) is 0 Å². The maximum absolute atomic E-state index is 13.2. The molecule has 0 aliphatic heterocycles. The van der Waals surface area contributed by atoms with Gasteiger partial charge in [0, 0.05) is 18.3 Å². The molecule has 4 heteroatoms. The first-order valence-electron chi connectivity index (χ1n) is 12.1. The lowest BCUT2D eigenvalue weighted by atomic mass is 9.70. The smallest absolute Gasteiger partial charge is 0.322 e. The van der Waals surface area contributed by atoms with Crippen molar-refractivity contribution in [2.45, 2.75) is 91.2 Å². The van der Waals surface area contributed by atoms with Crippen LogP contribution in [0, 0.1) is 23.7 Å². The summed E-state index contributed by atoms with van der Waals surface area (Å²) in [7, 11) is 0. The van der Waals surface area contributed by atoms with E-state index in [2.05, 4.69) is 31.0 Å². The van der Waals surface area contributed by atoms with Crippen LogP contribution in [0.5, 0.6) is 0 Å². The summed E-state index contributed by atoms with van der Waals surface area (Å²) in [5.41, 5.74) is 2.65. The van der Waals surface area contributed by atoms with Gasteiger partial charge in [0.2, 0.25) is 0 Å². The average Bonchev–Trinajstić information content (AvgIpc) is 3.07. The summed E-state index contributed by atoms with van der Waals surface area (Å²) in [4.78, 5) is 15.3. The molecule has 166 valence electrons. The molecule has 1 aromatic carbocycles. The highest BCUT2D eigenvalue weighted by atomic mass is 16.5. The van der Waals surface area contributed by atoms with Gasteiger partial charge in [-0.05, 0) is 67.4 Å². The number of carbonyl (C=O) groups excluding carboxylic acids is 1. The molecule has 1 N–H and O–H groups in total. The Hall–Kier alpha value is -1.55. The molecule has 3 aliphatic carbocycles. The topological polar surface area (TPSA) is 41.6 Å². The van der Waals surface area contributed by atoms with E-state index in [4.69, 9.17) is 4.74 Å². The molecular weight excluding hydrogens is 372 g/mol. The van der Waals surface area contributed by atoms with E-state index in [-0.39, 0.29) is 11.4 Å². The molecule has 3 saturated carbocycles. The van der Waals surface area contributed by atoms with Gasteiger partial charge >= 0.3 is 6.03 Å². The zero-order valence-electron chi connectivity index (χ0n) is 19.4. The Balaban J connectivity index is 1.39. The molecule has 0 saturated heterocycles. The molecule has 3 aliphatic rings. The number of amides is 2. The van der Waals surface area contributed by atoms with Crippen LogP contribution in [-0.4, -0.2) is 36.2 Å². The molecule has 0 heterocycles. The number of aryl methyl sites for hydroxylation is 1. The highest BCUT2D eigenvalue weighted by Crippen LogP contribution is 2.66. The standard InChI is InChI=1S/C26H40N2O2/c1-19-10-8-9-13-22(19)27-24(29)28(21-11-6-5-7-12-21)16-17-30-23-18-20-14-15-26(23,4)25(20,2)3/h8-10,13,20-21,23H,5-7,11-12,14-18H2,1-4H3,(H,27,29)/t20-,23+,26+/m0/s1. The Morgan fingerprint density at radius 3 is 2.50 bits per heavy atom. The molecule has 2 bridgehead atoms. The minimum atomic E-state index is 0.0271. The third kappa shape index (κ3) is 3.88. The second kappa shape index (κ2) is 8.53. The number of anilines is 1. The Morgan fingerprint density at radius 1 is 1.13 bits per heavy atom. The van der Waals surface area contributed by atoms with Crippen molar-refractivity contribution in [1.82, 2.24) is 4.90 Å². The second-order valence-electron chi connectivity index (χ2n) is 10.7. The summed E-state index contributed by atoms with van der Waals surface area (Å²) < 4.78 is 6.50. The number of urea groups is 1. The highest BCUT2D eigenvalue weighted by Gasteiger charge is 2.61. The summed E-state index contributed by atoms with van der Waals surface area (Å²) in [6.45, 7) is 10.6. The summed E-state index contributed by atoms with van der Waals surface area (Å²) in [5.74, 6) is 0.784. The molecular formula is C26H40N2O2. The van der Waals surface area contributed by atoms with Gasteiger partial charge in [-0.2, -0.15) is 0 Å². The summed E-state index contributed by atoms with van der Waals surface area (Å²) >= 11 is 0. The Morgan fingerprint density at radius 2 is 1.87 bits per heavy atom. The molecule has 0 radical (unpaired) electrons. The fourth-order valence-electron chi connectivity index (χ4n) is 6.42.